The lowest BCUT2D eigenvalue weighted by Gasteiger charge is -2.34. The van der Waals surface area contributed by atoms with Gasteiger partial charge in [-0.1, -0.05) is 72.0 Å². The van der Waals surface area contributed by atoms with Crippen molar-refractivity contribution in [3.8, 4) is 11.5 Å². The number of aromatic hydroxyl groups is 2. The Labute approximate surface area is 166 Å². The number of allylic oxidation sites excluding steroid dienone is 2. The average Bonchev–Trinajstić information content (AvgIpc) is 2.58. The monoisotopic (exact) mass is 372 g/mol. The molecular weight excluding hydrogens is 332 g/mol. The summed E-state index contributed by atoms with van der Waals surface area (Å²) in [5, 5.41) is 21.8. The Hall–Kier alpha value is -1.44. The third-order valence-electron chi connectivity index (χ3n) is 6.56. The molecule has 2 atom stereocenters. The van der Waals surface area contributed by atoms with Gasteiger partial charge < -0.3 is 10.2 Å². The maximum absolute atomic E-state index is 10.9. The smallest absolute Gasteiger partial charge is 0.123 e. The lowest BCUT2D eigenvalue weighted by Crippen LogP contribution is -2.22. The summed E-state index contributed by atoms with van der Waals surface area (Å²) in [5.41, 5.74) is 3.07. The van der Waals surface area contributed by atoms with Crippen molar-refractivity contribution in [2.45, 2.75) is 97.8 Å². The number of hydrogen-bond acceptors (Lipinski definition) is 2. The van der Waals surface area contributed by atoms with Gasteiger partial charge in [-0.05, 0) is 61.1 Å². The maximum atomic E-state index is 10.9. The van der Waals surface area contributed by atoms with Crippen LogP contribution in [0.15, 0.2) is 23.8 Å². The highest BCUT2D eigenvalue weighted by molar-refractivity contribution is 5.52. The van der Waals surface area contributed by atoms with Crippen molar-refractivity contribution in [2.75, 3.05) is 0 Å². The average molecular weight is 373 g/mol. The van der Waals surface area contributed by atoms with Crippen LogP contribution in [0.2, 0.25) is 0 Å². The zero-order chi connectivity index (χ0) is 20.2. The predicted octanol–water partition coefficient (Wildman–Crippen LogP) is 7.44. The zero-order valence-electron chi connectivity index (χ0n) is 18.3. The highest BCUT2D eigenvalue weighted by atomic mass is 16.3. The van der Waals surface area contributed by atoms with Crippen LogP contribution >= 0.6 is 0 Å². The molecule has 0 spiro atoms. The molecule has 1 aromatic rings. The van der Waals surface area contributed by atoms with Gasteiger partial charge in [-0.15, -0.1) is 0 Å². The number of phenolic OH excluding ortho intramolecular Hbond substituents is 2. The molecule has 0 unspecified atom stereocenters. The number of rotatable bonds is 8. The summed E-state index contributed by atoms with van der Waals surface area (Å²) in [6.45, 7) is 13.3. The van der Waals surface area contributed by atoms with Gasteiger partial charge in [0.25, 0.3) is 0 Å². The van der Waals surface area contributed by atoms with Crippen molar-refractivity contribution in [1.82, 2.24) is 0 Å². The fourth-order valence-electron chi connectivity index (χ4n) is 4.63. The normalized spacial score (nSPS) is 20.8. The van der Waals surface area contributed by atoms with E-state index in [1.807, 2.05) is 12.1 Å². The Bertz CT molecular complexity index is 631. The van der Waals surface area contributed by atoms with Gasteiger partial charge in [0.2, 0.25) is 0 Å². The van der Waals surface area contributed by atoms with Crippen molar-refractivity contribution in [1.29, 1.82) is 0 Å². The summed E-state index contributed by atoms with van der Waals surface area (Å²) >= 11 is 0. The van der Waals surface area contributed by atoms with E-state index in [2.05, 4.69) is 47.6 Å². The molecule has 0 aliphatic heterocycles. The molecule has 2 nitrogen and oxygen atoms in total. The first kappa shape index (κ1) is 21.9. The molecule has 1 aromatic carbocycles. The van der Waals surface area contributed by atoms with Gasteiger partial charge in [0, 0.05) is 11.5 Å². The summed E-state index contributed by atoms with van der Waals surface area (Å²) in [6, 6.07) is 3.81. The molecule has 0 heterocycles. The molecule has 27 heavy (non-hydrogen) atoms. The second-order valence-electron chi connectivity index (χ2n) is 9.61. The number of hydrogen-bond donors (Lipinski definition) is 2. The fraction of sp³-hybridized carbons (Fsp3) is 0.680. The van der Waals surface area contributed by atoms with E-state index in [1.54, 1.807) is 0 Å². The summed E-state index contributed by atoms with van der Waals surface area (Å²) in [7, 11) is 0. The predicted molar refractivity (Wildman–Crippen MR) is 116 cm³/mol. The first-order valence-corrected chi connectivity index (χ1v) is 10.9. The van der Waals surface area contributed by atoms with E-state index in [-0.39, 0.29) is 22.8 Å². The number of phenols is 2. The molecule has 0 saturated carbocycles. The van der Waals surface area contributed by atoms with Crippen molar-refractivity contribution >= 4 is 0 Å². The van der Waals surface area contributed by atoms with Crippen molar-refractivity contribution in [3.05, 3.63) is 34.9 Å². The van der Waals surface area contributed by atoms with Gasteiger partial charge in [0.1, 0.15) is 11.5 Å². The Balaban J connectivity index is 2.32. The molecular formula is C25H40O2. The molecule has 0 aromatic heterocycles. The highest BCUT2D eigenvalue weighted by Crippen LogP contribution is 2.48. The van der Waals surface area contributed by atoms with E-state index in [4.69, 9.17) is 0 Å². The summed E-state index contributed by atoms with van der Waals surface area (Å²) in [4.78, 5) is 0. The van der Waals surface area contributed by atoms with Gasteiger partial charge in [-0.2, -0.15) is 0 Å². The number of unbranched alkanes of at least 4 members (excludes halogenated alkanes) is 3. The Morgan fingerprint density at radius 1 is 1.07 bits per heavy atom. The lowest BCUT2D eigenvalue weighted by atomic mass is 9.71. The molecule has 0 fully saturated rings. The molecule has 0 amide bonds. The van der Waals surface area contributed by atoms with E-state index < -0.39 is 0 Å². The van der Waals surface area contributed by atoms with Crippen LogP contribution in [0, 0.1) is 11.8 Å². The van der Waals surface area contributed by atoms with Gasteiger partial charge in [0.15, 0.2) is 0 Å². The minimum Gasteiger partial charge on any atom is -0.507 e. The van der Waals surface area contributed by atoms with E-state index in [1.165, 1.54) is 31.3 Å². The largest absolute Gasteiger partial charge is 0.507 e. The molecule has 2 N–H and O–H groups in total. The third-order valence-corrected chi connectivity index (χ3v) is 6.56. The second kappa shape index (κ2) is 9.17. The third kappa shape index (κ3) is 5.30. The molecule has 1 aliphatic carbocycles. The topological polar surface area (TPSA) is 40.5 Å². The SMILES string of the molecule is CCCCCCC(C)(C)c1cc(O)c([C@@H]2C=C(C)CC[C@H]2C(C)C)c(O)c1. The molecule has 2 rings (SSSR count). The van der Waals surface area contributed by atoms with Gasteiger partial charge in [-0.3, -0.25) is 0 Å². The zero-order valence-corrected chi connectivity index (χ0v) is 18.3. The maximum Gasteiger partial charge on any atom is 0.123 e. The summed E-state index contributed by atoms with van der Waals surface area (Å²) in [6.07, 6.45) is 10.5. The van der Waals surface area contributed by atoms with Gasteiger partial charge >= 0.3 is 0 Å². The quantitative estimate of drug-likeness (QED) is 0.367. The molecule has 152 valence electrons. The fourth-order valence-corrected chi connectivity index (χ4v) is 4.63. The Kier molecular flexibility index (Phi) is 7.42. The molecule has 2 heteroatoms. The van der Waals surface area contributed by atoms with Crippen LogP contribution in [-0.2, 0) is 5.41 Å². The van der Waals surface area contributed by atoms with Crippen LogP contribution in [0.1, 0.15) is 104 Å². The van der Waals surface area contributed by atoms with E-state index in [0.717, 1.165) is 30.4 Å². The minimum atomic E-state index is -0.0446. The Morgan fingerprint density at radius 2 is 1.70 bits per heavy atom. The summed E-state index contributed by atoms with van der Waals surface area (Å²) < 4.78 is 0. The van der Waals surface area contributed by atoms with Crippen LogP contribution in [0.5, 0.6) is 11.5 Å². The molecule has 1 aliphatic rings. The standard InChI is InChI=1S/C25H40O2/c1-7-8-9-10-13-25(5,6)19-15-22(26)24(23(27)16-19)21-14-18(4)11-12-20(21)17(2)3/h14-17,20-21,26-27H,7-13H2,1-6H3/t20-,21+/m0/s1. The molecule has 0 saturated heterocycles. The van der Waals surface area contributed by atoms with Crippen molar-refractivity contribution in [3.63, 3.8) is 0 Å². The minimum absolute atomic E-state index is 0.0446. The van der Waals surface area contributed by atoms with Crippen LogP contribution in [0.4, 0.5) is 0 Å². The van der Waals surface area contributed by atoms with Gasteiger partial charge in [-0.25, -0.2) is 0 Å². The van der Waals surface area contributed by atoms with Crippen molar-refractivity contribution in [2.24, 2.45) is 11.8 Å². The van der Waals surface area contributed by atoms with Crippen LogP contribution < -0.4 is 0 Å². The van der Waals surface area contributed by atoms with E-state index >= 15 is 0 Å². The first-order chi connectivity index (χ1) is 12.7. The van der Waals surface area contributed by atoms with Gasteiger partial charge in [0.05, 0.1) is 0 Å². The highest BCUT2D eigenvalue weighted by Gasteiger charge is 2.32. The Morgan fingerprint density at radius 3 is 2.26 bits per heavy atom. The second-order valence-corrected chi connectivity index (χ2v) is 9.61. The van der Waals surface area contributed by atoms with Crippen LogP contribution in [0.3, 0.4) is 0 Å². The number of benzene rings is 1. The molecule has 0 bridgehead atoms. The van der Waals surface area contributed by atoms with Crippen LogP contribution in [-0.4, -0.2) is 10.2 Å². The van der Waals surface area contributed by atoms with E-state index in [9.17, 15) is 10.2 Å². The van der Waals surface area contributed by atoms with E-state index in [0.29, 0.717) is 11.8 Å². The van der Waals surface area contributed by atoms with Crippen molar-refractivity contribution < 1.29 is 10.2 Å². The lowest BCUT2D eigenvalue weighted by molar-refractivity contribution is 0.303. The summed E-state index contributed by atoms with van der Waals surface area (Å²) in [5.74, 6) is 1.59. The molecule has 0 radical (unpaired) electrons. The first-order valence-electron chi connectivity index (χ1n) is 10.9. The van der Waals surface area contributed by atoms with Crippen LogP contribution in [0.25, 0.3) is 0 Å².